The fourth-order valence-electron chi connectivity index (χ4n) is 3.50. The van der Waals surface area contributed by atoms with Gasteiger partial charge in [-0.05, 0) is 55.5 Å². The molecule has 0 radical (unpaired) electrons. The third kappa shape index (κ3) is 4.04. The van der Waals surface area contributed by atoms with Crippen molar-refractivity contribution in [2.45, 2.75) is 33.9 Å². The zero-order valence-electron chi connectivity index (χ0n) is 17.0. The maximum atomic E-state index is 4.94. The summed E-state index contributed by atoms with van der Waals surface area (Å²) in [5.74, 6) is 1.70. The minimum atomic E-state index is -0.237. The summed E-state index contributed by atoms with van der Waals surface area (Å²) >= 11 is 0. The van der Waals surface area contributed by atoms with Crippen molar-refractivity contribution in [1.82, 2.24) is 5.32 Å². The SMILES string of the molecule is C=C/C(=C(C)\C=C/C)c1c(C)cccc1C1=NC(c2ccccc2)N=C(C)N1. The second-order valence-corrected chi connectivity index (χ2v) is 6.90. The topological polar surface area (TPSA) is 36.8 Å². The molecule has 3 rings (SSSR count). The van der Waals surface area contributed by atoms with E-state index in [0.717, 1.165) is 33.9 Å². The van der Waals surface area contributed by atoms with Crippen molar-refractivity contribution in [3.8, 4) is 0 Å². The lowest BCUT2D eigenvalue weighted by molar-refractivity contribution is 0.754. The maximum Gasteiger partial charge on any atom is 0.169 e. The van der Waals surface area contributed by atoms with Crippen LogP contribution in [0.2, 0.25) is 0 Å². The van der Waals surface area contributed by atoms with Crippen LogP contribution in [0, 0.1) is 6.92 Å². The number of nitrogens with one attached hydrogen (secondary N) is 1. The monoisotopic (exact) mass is 369 g/mol. The van der Waals surface area contributed by atoms with Crippen molar-refractivity contribution in [2.24, 2.45) is 9.98 Å². The molecule has 142 valence electrons. The zero-order valence-corrected chi connectivity index (χ0v) is 17.0. The van der Waals surface area contributed by atoms with Crippen LogP contribution in [-0.4, -0.2) is 11.7 Å². The summed E-state index contributed by atoms with van der Waals surface area (Å²) in [6.07, 6.45) is 5.86. The second-order valence-electron chi connectivity index (χ2n) is 6.90. The number of allylic oxidation sites excluding steroid dienone is 5. The first-order valence-corrected chi connectivity index (χ1v) is 9.55. The minimum Gasteiger partial charge on any atom is -0.329 e. The van der Waals surface area contributed by atoms with Gasteiger partial charge in [-0.15, -0.1) is 0 Å². The number of rotatable bonds is 5. The summed E-state index contributed by atoms with van der Waals surface area (Å²) in [5.41, 5.74) is 6.79. The van der Waals surface area contributed by atoms with Gasteiger partial charge in [0.1, 0.15) is 11.7 Å². The van der Waals surface area contributed by atoms with Crippen molar-refractivity contribution in [2.75, 3.05) is 0 Å². The average Bonchev–Trinajstić information content (AvgIpc) is 2.70. The molecule has 0 saturated heterocycles. The van der Waals surface area contributed by atoms with E-state index >= 15 is 0 Å². The third-order valence-corrected chi connectivity index (χ3v) is 4.81. The Kier molecular flexibility index (Phi) is 6.05. The van der Waals surface area contributed by atoms with Crippen molar-refractivity contribution in [1.29, 1.82) is 0 Å². The van der Waals surface area contributed by atoms with Crippen molar-refractivity contribution < 1.29 is 0 Å². The van der Waals surface area contributed by atoms with Crippen LogP contribution in [0.25, 0.3) is 5.57 Å². The van der Waals surface area contributed by atoms with Gasteiger partial charge in [-0.3, -0.25) is 0 Å². The summed E-state index contributed by atoms with van der Waals surface area (Å²) in [4.78, 5) is 9.62. The van der Waals surface area contributed by atoms with Crippen LogP contribution in [-0.2, 0) is 0 Å². The molecular formula is C25H27N3. The zero-order chi connectivity index (χ0) is 20.1. The predicted molar refractivity (Wildman–Crippen MR) is 121 cm³/mol. The number of nitrogens with zero attached hydrogens (tertiary/aromatic N) is 2. The quantitative estimate of drug-likeness (QED) is 0.645. The van der Waals surface area contributed by atoms with Crippen LogP contribution in [0.1, 0.15) is 49.2 Å². The first-order valence-electron chi connectivity index (χ1n) is 9.55. The largest absolute Gasteiger partial charge is 0.329 e. The van der Waals surface area contributed by atoms with Crippen LogP contribution in [0.5, 0.6) is 0 Å². The molecule has 0 aliphatic carbocycles. The number of aliphatic imine (C=N–C) groups is 2. The molecule has 0 amide bonds. The molecule has 1 heterocycles. The molecule has 3 heteroatoms. The second kappa shape index (κ2) is 8.66. The molecule has 1 atom stereocenters. The summed E-state index contributed by atoms with van der Waals surface area (Å²) in [6, 6.07) is 16.5. The minimum absolute atomic E-state index is 0.237. The van der Waals surface area contributed by atoms with Gasteiger partial charge in [-0.1, -0.05) is 73.3 Å². The van der Waals surface area contributed by atoms with Gasteiger partial charge in [0.25, 0.3) is 0 Å². The Morgan fingerprint density at radius 3 is 2.46 bits per heavy atom. The first-order chi connectivity index (χ1) is 13.5. The molecule has 0 fully saturated rings. The number of amidine groups is 2. The predicted octanol–water partition coefficient (Wildman–Crippen LogP) is 6.00. The molecule has 1 N–H and O–H groups in total. The van der Waals surface area contributed by atoms with Crippen LogP contribution in [0.15, 0.2) is 88.9 Å². The standard InChI is InChI=1S/C25H27N3/c1-6-12-17(3)21(7-2)23-18(4)13-11-16-22(23)25-27-19(5)26-24(28-25)20-14-9-8-10-15-20/h6-16,24H,2H2,1,3-5H3,(H,26,27,28)/b12-6-,21-17+. The third-order valence-electron chi connectivity index (χ3n) is 4.81. The fraction of sp³-hybridized carbons (Fsp3) is 0.200. The average molecular weight is 370 g/mol. The number of benzene rings is 2. The van der Waals surface area contributed by atoms with Crippen LogP contribution >= 0.6 is 0 Å². The highest BCUT2D eigenvalue weighted by atomic mass is 15.2. The van der Waals surface area contributed by atoms with Gasteiger partial charge in [-0.25, -0.2) is 9.98 Å². The molecule has 1 aliphatic heterocycles. The molecule has 0 bridgehead atoms. The Bertz CT molecular complexity index is 992. The van der Waals surface area contributed by atoms with Crippen molar-refractivity contribution >= 4 is 17.2 Å². The Morgan fingerprint density at radius 1 is 1.04 bits per heavy atom. The summed E-state index contributed by atoms with van der Waals surface area (Å²) in [6.45, 7) is 12.3. The Morgan fingerprint density at radius 2 is 1.79 bits per heavy atom. The maximum absolute atomic E-state index is 4.94. The van der Waals surface area contributed by atoms with Gasteiger partial charge >= 0.3 is 0 Å². The van der Waals surface area contributed by atoms with Crippen LogP contribution in [0.3, 0.4) is 0 Å². The highest BCUT2D eigenvalue weighted by Crippen LogP contribution is 2.30. The smallest absolute Gasteiger partial charge is 0.169 e. The van der Waals surface area contributed by atoms with E-state index in [9.17, 15) is 0 Å². The van der Waals surface area contributed by atoms with Gasteiger partial charge in [0.2, 0.25) is 0 Å². The van der Waals surface area contributed by atoms with E-state index in [0.29, 0.717) is 0 Å². The molecule has 0 saturated carbocycles. The molecule has 2 aromatic rings. The lowest BCUT2D eigenvalue weighted by Crippen LogP contribution is -2.34. The fourth-order valence-corrected chi connectivity index (χ4v) is 3.50. The van der Waals surface area contributed by atoms with E-state index < -0.39 is 0 Å². The first kappa shape index (κ1) is 19.6. The Balaban J connectivity index is 2.17. The van der Waals surface area contributed by atoms with Gasteiger partial charge in [-0.2, -0.15) is 0 Å². The number of hydrogen-bond acceptors (Lipinski definition) is 3. The van der Waals surface area contributed by atoms with E-state index in [1.807, 2.05) is 38.1 Å². The number of hydrogen-bond donors (Lipinski definition) is 1. The Labute approximate surface area is 167 Å². The summed E-state index contributed by atoms with van der Waals surface area (Å²) < 4.78 is 0. The summed E-state index contributed by atoms with van der Waals surface area (Å²) in [7, 11) is 0. The van der Waals surface area contributed by atoms with Gasteiger partial charge in [0.05, 0.1) is 0 Å². The van der Waals surface area contributed by atoms with E-state index in [2.05, 4.69) is 73.2 Å². The van der Waals surface area contributed by atoms with Crippen molar-refractivity contribution in [3.05, 3.63) is 101 Å². The Hall–Kier alpha value is -3.20. The van der Waals surface area contributed by atoms with E-state index in [1.54, 1.807) is 0 Å². The lowest BCUT2D eigenvalue weighted by Gasteiger charge is -2.23. The normalized spacial score (nSPS) is 17.5. The van der Waals surface area contributed by atoms with Gasteiger partial charge < -0.3 is 5.32 Å². The van der Waals surface area contributed by atoms with Crippen LogP contribution in [0.4, 0.5) is 0 Å². The molecular weight excluding hydrogens is 342 g/mol. The molecule has 2 aromatic carbocycles. The number of aryl methyl sites for hydroxylation is 1. The lowest BCUT2D eigenvalue weighted by atomic mass is 9.91. The van der Waals surface area contributed by atoms with E-state index in [1.165, 1.54) is 11.1 Å². The molecule has 1 aliphatic rings. The molecule has 1 unspecified atom stereocenters. The van der Waals surface area contributed by atoms with E-state index in [4.69, 9.17) is 4.99 Å². The van der Waals surface area contributed by atoms with Gasteiger partial charge in [0.15, 0.2) is 6.17 Å². The molecule has 28 heavy (non-hydrogen) atoms. The van der Waals surface area contributed by atoms with Crippen molar-refractivity contribution in [3.63, 3.8) is 0 Å². The molecule has 3 nitrogen and oxygen atoms in total. The molecule has 0 spiro atoms. The van der Waals surface area contributed by atoms with Gasteiger partial charge in [0, 0.05) is 5.56 Å². The summed E-state index contributed by atoms with van der Waals surface area (Å²) in [5, 5.41) is 3.37. The highest BCUT2D eigenvalue weighted by Gasteiger charge is 2.21. The van der Waals surface area contributed by atoms with Crippen LogP contribution < -0.4 is 5.32 Å². The molecule has 0 aromatic heterocycles. The van der Waals surface area contributed by atoms with E-state index in [-0.39, 0.29) is 6.17 Å². The highest BCUT2D eigenvalue weighted by molar-refractivity contribution is 6.12.